The highest BCUT2D eigenvalue weighted by Crippen LogP contribution is 2.32. The number of fused-ring (bicyclic) bond motifs is 1. The Hall–Kier alpha value is -2.30. The molecular weight excluding hydrogens is 270 g/mol. The van der Waals surface area contributed by atoms with Crippen molar-refractivity contribution < 1.29 is 19.1 Å². The molecule has 1 amide bonds. The first-order valence-electron chi connectivity index (χ1n) is 7.01. The summed E-state index contributed by atoms with van der Waals surface area (Å²) in [4.78, 5) is 25.3. The first kappa shape index (κ1) is 13.7. The fourth-order valence-electron chi connectivity index (χ4n) is 2.66. The summed E-state index contributed by atoms with van der Waals surface area (Å²) in [6.45, 7) is 2.62. The second kappa shape index (κ2) is 4.91. The number of benzene rings is 1. The van der Waals surface area contributed by atoms with Crippen molar-refractivity contribution >= 4 is 22.8 Å². The topological polar surface area (TPSA) is 70.8 Å². The third kappa shape index (κ3) is 2.39. The Morgan fingerprint density at radius 1 is 1.24 bits per heavy atom. The number of hydrogen-bond donors (Lipinski definition) is 1. The van der Waals surface area contributed by atoms with Crippen molar-refractivity contribution in [1.82, 2.24) is 4.90 Å². The van der Waals surface area contributed by atoms with E-state index >= 15 is 0 Å². The van der Waals surface area contributed by atoms with Gasteiger partial charge in [-0.1, -0.05) is 18.2 Å². The maximum absolute atomic E-state index is 12.4. The van der Waals surface area contributed by atoms with E-state index in [9.17, 15) is 14.7 Å². The highest BCUT2D eigenvalue weighted by molar-refractivity contribution is 5.96. The van der Waals surface area contributed by atoms with Crippen LogP contribution in [0.25, 0.3) is 11.0 Å². The van der Waals surface area contributed by atoms with Gasteiger partial charge in [-0.15, -0.1) is 0 Å². The lowest BCUT2D eigenvalue weighted by Gasteiger charge is -2.36. The molecule has 1 N–H and O–H groups in total. The molecule has 0 radical (unpaired) electrons. The molecule has 1 aliphatic heterocycles. The largest absolute Gasteiger partial charge is 0.481 e. The Balaban J connectivity index is 1.76. The number of carbonyl (C=O) groups is 2. The summed E-state index contributed by atoms with van der Waals surface area (Å²) in [7, 11) is 0. The van der Waals surface area contributed by atoms with Gasteiger partial charge in [0.05, 0.1) is 5.41 Å². The van der Waals surface area contributed by atoms with E-state index in [2.05, 4.69) is 0 Å². The maximum atomic E-state index is 12.4. The van der Waals surface area contributed by atoms with Crippen LogP contribution in [0.3, 0.4) is 0 Å². The van der Waals surface area contributed by atoms with E-state index in [-0.39, 0.29) is 5.91 Å². The molecule has 2 heterocycles. The summed E-state index contributed by atoms with van der Waals surface area (Å²) in [6, 6.07) is 9.21. The number of aliphatic carboxylic acids is 1. The van der Waals surface area contributed by atoms with Crippen molar-refractivity contribution in [2.45, 2.75) is 19.8 Å². The lowest BCUT2D eigenvalue weighted by atomic mass is 9.80. The van der Waals surface area contributed by atoms with E-state index in [0.29, 0.717) is 37.3 Å². The molecule has 110 valence electrons. The van der Waals surface area contributed by atoms with Gasteiger partial charge in [0.2, 0.25) is 0 Å². The van der Waals surface area contributed by atoms with Gasteiger partial charge in [-0.25, -0.2) is 0 Å². The minimum absolute atomic E-state index is 0.168. The summed E-state index contributed by atoms with van der Waals surface area (Å²) < 4.78 is 5.57. The van der Waals surface area contributed by atoms with E-state index in [1.54, 1.807) is 17.9 Å². The summed E-state index contributed by atoms with van der Waals surface area (Å²) in [5, 5.41) is 10.1. The van der Waals surface area contributed by atoms with Gasteiger partial charge in [-0.3, -0.25) is 9.59 Å². The molecule has 1 fully saturated rings. The van der Waals surface area contributed by atoms with Gasteiger partial charge in [-0.2, -0.15) is 0 Å². The van der Waals surface area contributed by atoms with Crippen LogP contribution in [0, 0.1) is 5.41 Å². The molecule has 0 aliphatic carbocycles. The Morgan fingerprint density at radius 2 is 1.90 bits per heavy atom. The highest BCUT2D eigenvalue weighted by Gasteiger charge is 2.38. The molecule has 1 aromatic carbocycles. The number of carboxylic acids is 1. The standard InChI is InChI=1S/C16H17NO4/c1-16(15(19)20)6-8-17(9-7-16)14(18)13-10-11-4-2-3-5-12(11)21-13/h2-5,10H,6-9H2,1H3,(H,19,20). The van der Waals surface area contributed by atoms with Crippen LogP contribution >= 0.6 is 0 Å². The van der Waals surface area contributed by atoms with Crippen molar-refractivity contribution in [3.05, 3.63) is 36.1 Å². The Kier molecular flexibility index (Phi) is 3.20. The zero-order chi connectivity index (χ0) is 15.0. The van der Waals surface area contributed by atoms with Gasteiger partial charge >= 0.3 is 5.97 Å². The lowest BCUT2D eigenvalue weighted by molar-refractivity contribution is -0.150. The number of likely N-dealkylation sites (tertiary alicyclic amines) is 1. The number of hydrogen-bond acceptors (Lipinski definition) is 3. The van der Waals surface area contributed by atoms with Crippen LogP contribution in [0.4, 0.5) is 0 Å². The number of piperidine rings is 1. The summed E-state index contributed by atoms with van der Waals surface area (Å²) in [5.74, 6) is -0.646. The second-order valence-electron chi connectivity index (χ2n) is 5.81. The van der Waals surface area contributed by atoms with Gasteiger partial charge in [0, 0.05) is 18.5 Å². The van der Waals surface area contributed by atoms with Crippen LogP contribution < -0.4 is 0 Å². The molecular formula is C16H17NO4. The minimum Gasteiger partial charge on any atom is -0.481 e. The van der Waals surface area contributed by atoms with Gasteiger partial charge in [0.1, 0.15) is 5.58 Å². The zero-order valence-electron chi connectivity index (χ0n) is 11.8. The number of nitrogens with zero attached hydrogens (tertiary/aromatic N) is 1. The molecule has 5 nitrogen and oxygen atoms in total. The van der Waals surface area contributed by atoms with E-state index in [1.165, 1.54) is 0 Å². The summed E-state index contributed by atoms with van der Waals surface area (Å²) in [5.41, 5.74) is -0.0433. The number of rotatable bonds is 2. The van der Waals surface area contributed by atoms with Gasteiger partial charge < -0.3 is 14.4 Å². The molecule has 0 spiro atoms. The second-order valence-corrected chi connectivity index (χ2v) is 5.81. The third-order valence-corrected chi connectivity index (χ3v) is 4.31. The number of para-hydroxylation sites is 1. The zero-order valence-corrected chi connectivity index (χ0v) is 11.8. The van der Waals surface area contributed by atoms with Crippen molar-refractivity contribution in [3.8, 4) is 0 Å². The number of furan rings is 1. The first-order valence-corrected chi connectivity index (χ1v) is 7.01. The van der Waals surface area contributed by atoms with Crippen molar-refractivity contribution in [2.24, 2.45) is 5.41 Å². The molecule has 1 aliphatic rings. The fraction of sp³-hybridized carbons (Fsp3) is 0.375. The van der Waals surface area contributed by atoms with Crippen LogP contribution in [0.2, 0.25) is 0 Å². The molecule has 0 unspecified atom stereocenters. The van der Waals surface area contributed by atoms with Gasteiger partial charge in [-0.05, 0) is 31.9 Å². The van der Waals surface area contributed by atoms with Crippen LogP contribution in [0.5, 0.6) is 0 Å². The van der Waals surface area contributed by atoms with Crippen LogP contribution in [0.1, 0.15) is 30.3 Å². The van der Waals surface area contributed by atoms with Crippen molar-refractivity contribution in [2.75, 3.05) is 13.1 Å². The normalized spacial score (nSPS) is 17.9. The minimum atomic E-state index is -0.793. The van der Waals surface area contributed by atoms with Crippen LogP contribution in [-0.2, 0) is 4.79 Å². The Bertz CT molecular complexity index is 662. The number of amides is 1. The van der Waals surface area contributed by atoms with E-state index in [0.717, 1.165) is 5.39 Å². The average molecular weight is 287 g/mol. The van der Waals surface area contributed by atoms with Crippen molar-refractivity contribution in [3.63, 3.8) is 0 Å². The molecule has 2 aromatic rings. The molecule has 0 bridgehead atoms. The molecule has 1 aromatic heterocycles. The van der Waals surface area contributed by atoms with E-state index in [4.69, 9.17) is 4.42 Å². The Labute approximate surface area is 122 Å². The van der Waals surface area contributed by atoms with Crippen LogP contribution in [-0.4, -0.2) is 35.0 Å². The van der Waals surface area contributed by atoms with Gasteiger partial charge in [0.15, 0.2) is 5.76 Å². The van der Waals surface area contributed by atoms with Gasteiger partial charge in [0.25, 0.3) is 5.91 Å². The average Bonchev–Trinajstić information content (AvgIpc) is 2.91. The van der Waals surface area contributed by atoms with E-state index in [1.807, 2.05) is 24.3 Å². The van der Waals surface area contributed by atoms with Crippen LogP contribution in [0.15, 0.2) is 34.7 Å². The monoisotopic (exact) mass is 287 g/mol. The number of carboxylic acid groups (broad SMARTS) is 1. The smallest absolute Gasteiger partial charge is 0.309 e. The first-order chi connectivity index (χ1) is 9.99. The third-order valence-electron chi connectivity index (χ3n) is 4.31. The fourth-order valence-corrected chi connectivity index (χ4v) is 2.66. The summed E-state index contributed by atoms with van der Waals surface area (Å²) in [6.07, 6.45) is 0.933. The molecule has 21 heavy (non-hydrogen) atoms. The Morgan fingerprint density at radius 3 is 2.52 bits per heavy atom. The SMILES string of the molecule is CC1(C(=O)O)CCN(C(=O)c2cc3ccccc3o2)CC1. The predicted octanol–water partition coefficient (Wildman–Crippen LogP) is 2.76. The highest BCUT2D eigenvalue weighted by atomic mass is 16.4. The molecule has 1 saturated heterocycles. The predicted molar refractivity (Wildman–Crippen MR) is 77.1 cm³/mol. The maximum Gasteiger partial charge on any atom is 0.309 e. The molecule has 3 rings (SSSR count). The van der Waals surface area contributed by atoms with E-state index < -0.39 is 11.4 Å². The summed E-state index contributed by atoms with van der Waals surface area (Å²) >= 11 is 0. The van der Waals surface area contributed by atoms with Crippen molar-refractivity contribution in [1.29, 1.82) is 0 Å². The molecule has 0 saturated carbocycles. The molecule has 0 atom stereocenters. The quantitative estimate of drug-likeness (QED) is 0.922. The lowest BCUT2D eigenvalue weighted by Crippen LogP contribution is -2.45. The number of carbonyl (C=O) groups excluding carboxylic acids is 1. The molecule has 5 heteroatoms.